The molecule has 2 N–H and O–H groups in total. The van der Waals surface area contributed by atoms with Crippen LogP contribution in [0.3, 0.4) is 0 Å². The highest BCUT2D eigenvalue weighted by molar-refractivity contribution is 6.20. The van der Waals surface area contributed by atoms with Crippen LogP contribution in [-0.2, 0) is 0 Å². The lowest BCUT2D eigenvalue weighted by Gasteiger charge is -2.12. The Labute approximate surface area is 115 Å². The second-order valence-corrected chi connectivity index (χ2v) is 5.68. The van der Waals surface area contributed by atoms with Crippen LogP contribution in [0.1, 0.15) is 37.6 Å². The number of hydrogen-bond donors (Lipinski definition) is 2. The Hall–Kier alpha value is -1.55. The second-order valence-electron chi connectivity index (χ2n) is 5.15. The van der Waals surface area contributed by atoms with E-state index in [1.807, 2.05) is 12.1 Å². The molecule has 0 saturated heterocycles. The molecule has 1 aromatic heterocycles. The normalized spacial score (nSPS) is 13.1. The van der Waals surface area contributed by atoms with Gasteiger partial charge in [0.05, 0.1) is 16.4 Å². The quantitative estimate of drug-likeness (QED) is 0.668. The summed E-state index contributed by atoms with van der Waals surface area (Å²) in [6, 6.07) is 5.48. The number of fused-ring (bicyclic) bond motifs is 1. The maximum Gasteiger partial charge on any atom is 0.314 e. The predicted octanol–water partition coefficient (Wildman–Crippen LogP) is 2.93. The van der Waals surface area contributed by atoms with Crippen LogP contribution in [0.25, 0.3) is 11.0 Å². The van der Waals surface area contributed by atoms with E-state index >= 15 is 0 Å². The summed E-state index contributed by atoms with van der Waals surface area (Å²) < 4.78 is 0. The van der Waals surface area contributed by atoms with Crippen molar-refractivity contribution in [2.45, 2.75) is 32.1 Å². The molecule has 19 heavy (non-hydrogen) atoms. The van der Waals surface area contributed by atoms with E-state index in [0.29, 0.717) is 17.0 Å². The summed E-state index contributed by atoms with van der Waals surface area (Å²) in [6.45, 7) is 4.32. The molecular formula is C14H17ClN2O2. The van der Waals surface area contributed by atoms with Crippen LogP contribution >= 0.6 is 11.6 Å². The Kier molecular flexibility index (Phi) is 4.10. The Morgan fingerprint density at radius 1 is 1.05 bits per heavy atom. The molecule has 102 valence electrons. The highest BCUT2D eigenvalue weighted by Crippen LogP contribution is 2.28. The van der Waals surface area contributed by atoms with Crippen molar-refractivity contribution in [3.8, 4) is 0 Å². The van der Waals surface area contributed by atoms with E-state index < -0.39 is 11.1 Å². The molecule has 1 atom stereocenters. The summed E-state index contributed by atoms with van der Waals surface area (Å²) in [5, 5.41) is -0.0813. The van der Waals surface area contributed by atoms with Gasteiger partial charge in [0.25, 0.3) is 0 Å². The van der Waals surface area contributed by atoms with E-state index in [-0.39, 0.29) is 5.38 Å². The number of H-pyrrole nitrogens is 2. The third kappa shape index (κ3) is 3.26. The minimum Gasteiger partial charge on any atom is -0.316 e. The maximum atomic E-state index is 11.3. The Balaban J connectivity index is 2.33. The fraction of sp³-hybridized carbons (Fsp3) is 0.429. The summed E-state index contributed by atoms with van der Waals surface area (Å²) in [5.41, 5.74) is 0.899. The monoisotopic (exact) mass is 280 g/mol. The highest BCUT2D eigenvalue weighted by Gasteiger charge is 2.10. The smallest absolute Gasteiger partial charge is 0.314 e. The van der Waals surface area contributed by atoms with Gasteiger partial charge in [-0.05, 0) is 36.5 Å². The molecule has 2 aromatic rings. The van der Waals surface area contributed by atoms with Crippen LogP contribution < -0.4 is 11.1 Å². The number of aromatic amines is 2. The van der Waals surface area contributed by atoms with Gasteiger partial charge in [-0.3, -0.25) is 9.59 Å². The van der Waals surface area contributed by atoms with Gasteiger partial charge in [0.15, 0.2) is 0 Å². The van der Waals surface area contributed by atoms with Gasteiger partial charge >= 0.3 is 11.1 Å². The molecule has 0 saturated carbocycles. The molecule has 5 heteroatoms. The molecule has 1 heterocycles. The molecule has 0 fully saturated rings. The number of aromatic nitrogens is 2. The first-order chi connectivity index (χ1) is 8.97. The van der Waals surface area contributed by atoms with Crippen molar-refractivity contribution >= 4 is 22.6 Å². The van der Waals surface area contributed by atoms with Crippen molar-refractivity contribution in [2.75, 3.05) is 0 Å². The molecule has 0 aliphatic carbocycles. The minimum atomic E-state index is -0.641. The Morgan fingerprint density at radius 3 is 2.32 bits per heavy atom. The zero-order valence-electron chi connectivity index (χ0n) is 11.0. The largest absolute Gasteiger partial charge is 0.316 e. The first-order valence-electron chi connectivity index (χ1n) is 6.37. The molecule has 4 nitrogen and oxygen atoms in total. The van der Waals surface area contributed by atoms with Crippen LogP contribution in [0.15, 0.2) is 27.8 Å². The summed E-state index contributed by atoms with van der Waals surface area (Å²) >= 11 is 6.36. The highest BCUT2D eigenvalue weighted by atomic mass is 35.5. The van der Waals surface area contributed by atoms with Crippen LogP contribution in [0.4, 0.5) is 0 Å². The zero-order chi connectivity index (χ0) is 14.0. The molecule has 0 bridgehead atoms. The van der Waals surface area contributed by atoms with Gasteiger partial charge in [0, 0.05) is 0 Å². The van der Waals surface area contributed by atoms with Crippen LogP contribution in [-0.4, -0.2) is 9.97 Å². The molecule has 2 rings (SSSR count). The first-order valence-corrected chi connectivity index (χ1v) is 6.81. The molecule has 0 spiro atoms. The molecular weight excluding hydrogens is 264 g/mol. The third-order valence-electron chi connectivity index (χ3n) is 3.11. The number of alkyl halides is 1. The standard InChI is InChI=1S/C14H17ClN2O2/c1-8(2)3-5-10(15)9-4-6-11-12(7-9)17-14(19)13(18)16-11/h4,6-8,10H,3,5H2,1-2H3,(H,16,18)(H,17,19). The van der Waals surface area contributed by atoms with Gasteiger partial charge in [0.1, 0.15) is 0 Å². The molecule has 1 unspecified atom stereocenters. The number of halogens is 1. The zero-order valence-corrected chi connectivity index (χ0v) is 11.8. The second kappa shape index (κ2) is 5.61. The maximum absolute atomic E-state index is 11.3. The summed E-state index contributed by atoms with van der Waals surface area (Å²) in [6.07, 6.45) is 1.94. The summed E-state index contributed by atoms with van der Waals surface area (Å²) in [4.78, 5) is 27.6. The van der Waals surface area contributed by atoms with Crippen molar-refractivity contribution in [2.24, 2.45) is 5.92 Å². The molecule has 0 radical (unpaired) electrons. The topological polar surface area (TPSA) is 65.7 Å². The van der Waals surface area contributed by atoms with E-state index in [4.69, 9.17) is 11.6 Å². The lowest BCUT2D eigenvalue weighted by atomic mass is 10.0. The first kappa shape index (κ1) is 13.9. The Morgan fingerprint density at radius 2 is 1.68 bits per heavy atom. The number of hydrogen-bond acceptors (Lipinski definition) is 2. The van der Waals surface area contributed by atoms with Gasteiger partial charge in [-0.15, -0.1) is 11.6 Å². The van der Waals surface area contributed by atoms with E-state index in [9.17, 15) is 9.59 Å². The van der Waals surface area contributed by atoms with Gasteiger partial charge < -0.3 is 9.97 Å². The van der Waals surface area contributed by atoms with Gasteiger partial charge in [0.2, 0.25) is 0 Å². The lowest BCUT2D eigenvalue weighted by Crippen LogP contribution is -2.28. The molecule has 1 aromatic carbocycles. The number of rotatable bonds is 4. The fourth-order valence-electron chi connectivity index (χ4n) is 1.97. The van der Waals surface area contributed by atoms with Crippen molar-refractivity contribution in [3.63, 3.8) is 0 Å². The van der Waals surface area contributed by atoms with Crippen molar-refractivity contribution in [1.29, 1.82) is 0 Å². The average Bonchev–Trinajstić information content (AvgIpc) is 2.36. The summed E-state index contributed by atoms with van der Waals surface area (Å²) in [5.74, 6) is 0.609. The summed E-state index contributed by atoms with van der Waals surface area (Å²) in [7, 11) is 0. The van der Waals surface area contributed by atoms with Crippen LogP contribution in [0, 0.1) is 5.92 Å². The lowest BCUT2D eigenvalue weighted by molar-refractivity contribution is 0.549. The van der Waals surface area contributed by atoms with Crippen molar-refractivity contribution in [1.82, 2.24) is 9.97 Å². The predicted molar refractivity (Wildman–Crippen MR) is 77.9 cm³/mol. The van der Waals surface area contributed by atoms with E-state index in [1.54, 1.807) is 6.07 Å². The van der Waals surface area contributed by atoms with Crippen LogP contribution in [0.2, 0.25) is 0 Å². The van der Waals surface area contributed by atoms with Crippen molar-refractivity contribution in [3.05, 3.63) is 44.5 Å². The molecule has 0 amide bonds. The number of benzene rings is 1. The van der Waals surface area contributed by atoms with Crippen LogP contribution in [0.5, 0.6) is 0 Å². The third-order valence-corrected chi connectivity index (χ3v) is 3.58. The average molecular weight is 281 g/mol. The minimum absolute atomic E-state index is 0.0813. The number of nitrogens with one attached hydrogen (secondary N) is 2. The van der Waals surface area contributed by atoms with Crippen molar-refractivity contribution < 1.29 is 0 Å². The van der Waals surface area contributed by atoms with E-state index in [1.165, 1.54) is 0 Å². The van der Waals surface area contributed by atoms with E-state index in [2.05, 4.69) is 23.8 Å². The van der Waals surface area contributed by atoms with Gasteiger partial charge in [-0.1, -0.05) is 19.9 Å². The van der Waals surface area contributed by atoms with E-state index in [0.717, 1.165) is 18.4 Å². The SMILES string of the molecule is CC(C)CCC(Cl)c1ccc2[nH]c(=O)c(=O)[nH]c2c1. The van der Waals surface area contributed by atoms with Gasteiger partial charge in [-0.2, -0.15) is 0 Å². The Bertz CT molecular complexity index is 688. The van der Waals surface area contributed by atoms with Gasteiger partial charge in [-0.25, -0.2) is 0 Å². The fourth-order valence-corrected chi connectivity index (χ4v) is 2.24. The molecule has 0 aliphatic heterocycles. The molecule has 0 aliphatic rings.